The molecule has 1 unspecified atom stereocenters. The minimum Gasteiger partial charge on any atom is -0.377 e. The smallest absolute Gasteiger partial charge is 0.178 e. The van der Waals surface area contributed by atoms with Crippen molar-refractivity contribution in [1.82, 2.24) is 9.78 Å². The van der Waals surface area contributed by atoms with Gasteiger partial charge >= 0.3 is 0 Å². The number of hydrogen-bond acceptors (Lipinski definition) is 5. The van der Waals surface area contributed by atoms with Gasteiger partial charge in [-0.2, -0.15) is 5.10 Å². The third-order valence-corrected chi connectivity index (χ3v) is 3.45. The summed E-state index contributed by atoms with van der Waals surface area (Å²) in [6, 6.07) is 0. The van der Waals surface area contributed by atoms with E-state index in [4.69, 9.17) is 10.5 Å². The topological polar surface area (TPSA) is 87.2 Å². The molecule has 0 spiro atoms. The fourth-order valence-corrected chi connectivity index (χ4v) is 1.99. The van der Waals surface area contributed by atoms with Gasteiger partial charge in [-0.15, -0.1) is 0 Å². The van der Waals surface area contributed by atoms with Crippen LogP contribution in [0.5, 0.6) is 0 Å². The van der Waals surface area contributed by atoms with Crippen LogP contribution in [-0.4, -0.2) is 43.7 Å². The lowest BCUT2D eigenvalue weighted by molar-refractivity contribution is 0.0592. The van der Waals surface area contributed by atoms with E-state index in [1.807, 2.05) is 6.92 Å². The van der Waals surface area contributed by atoms with Gasteiger partial charge in [0.25, 0.3) is 0 Å². The third-order valence-electron chi connectivity index (χ3n) is 2.38. The van der Waals surface area contributed by atoms with E-state index in [0.717, 1.165) is 12.7 Å². The second kappa shape index (κ2) is 6.13. The van der Waals surface area contributed by atoms with E-state index in [1.165, 1.54) is 12.4 Å². The van der Waals surface area contributed by atoms with Crippen LogP contribution in [0.2, 0.25) is 0 Å². The molecule has 1 aromatic rings. The monoisotopic (exact) mass is 261 g/mol. The maximum Gasteiger partial charge on any atom is 0.178 e. The number of hydrogen-bond donors (Lipinski definition) is 1. The molecular formula is C10H19N3O3S. The van der Waals surface area contributed by atoms with Crippen LogP contribution in [0.25, 0.3) is 0 Å². The SMILES string of the molecule is CCOC(CN)CCn1cc(S(C)(=O)=O)cn1. The van der Waals surface area contributed by atoms with Crippen LogP contribution in [-0.2, 0) is 21.1 Å². The highest BCUT2D eigenvalue weighted by Gasteiger charge is 2.11. The molecule has 7 heteroatoms. The lowest BCUT2D eigenvalue weighted by Gasteiger charge is -2.14. The highest BCUT2D eigenvalue weighted by molar-refractivity contribution is 7.90. The molecular weight excluding hydrogens is 242 g/mol. The number of aryl methyl sites for hydroxylation is 1. The molecule has 1 rings (SSSR count). The summed E-state index contributed by atoms with van der Waals surface area (Å²) in [7, 11) is -3.18. The van der Waals surface area contributed by atoms with Crippen LogP contribution in [0.3, 0.4) is 0 Å². The van der Waals surface area contributed by atoms with Gasteiger partial charge in [0.2, 0.25) is 0 Å². The Kier molecular flexibility index (Phi) is 5.10. The van der Waals surface area contributed by atoms with E-state index in [2.05, 4.69) is 5.10 Å². The molecule has 0 bridgehead atoms. The van der Waals surface area contributed by atoms with Crippen molar-refractivity contribution in [2.45, 2.75) is 30.9 Å². The highest BCUT2D eigenvalue weighted by atomic mass is 32.2. The second-order valence-corrected chi connectivity index (χ2v) is 5.83. The van der Waals surface area contributed by atoms with E-state index < -0.39 is 9.84 Å². The van der Waals surface area contributed by atoms with Gasteiger partial charge in [-0.3, -0.25) is 4.68 Å². The summed E-state index contributed by atoms with van der Waals surface area (Å²) in [4.78, 5) is 0.234. The van der Waals surface area contributed by atoms with Crippen molar-refractivity contribution in [1.29, 1.82) is 0 Å². The molecule has 1 aromatic heterocycles. The molecule has 0 saturated carbocycles. The number of nitrogens with two attached hydrogens (primary N) is 1. The van der Waals surface area contributed by atoms with Crippen LogP contribution >= 0.6 is 0 Å². The second-order valence-electron chi connectivity index (χ2n) is 3.81. The summed E-state index contributed by atoms with van der Waals surface area (Å²) in [6.07, 6.45) is 4.75. The van der Waals surface area contributed by atoms with Gasteiger partial charge in [0.15, 0.2) is 9.84 Å². The fraction of sp³-hybridized carbons (Fsp3) is 0.700. The van der Waals surface area contributed by atoms with Gasteiger partial charge in [-0.1, -0.05) is 0 Å². The predicted octanol–water partition coefficient (Wildman–Crippen LogP) is 0.0405. The normalized spacial score (nSPS) is 13.8. The standard InChI is InChI=1S/C10H19N3O3S/c1-3-16-9(6-11)4-5-13-8-10(7-12-13)17(2,14)15/h7-9H,3-6,11H2,1-2H3. The zero-order chi connectivity index (χ0) is 12.9. The van der Waals surface area contributed by atoms with E-state index >= 15 is 0 Å². The zero-order valence-electron chi connectivity index (χ0n) is 10.2. The van der Waals surface area contributed by atoms with E-state index in [0.29, 0.717) is 19.7 Å². The number of sulfone groups is 1. The zero-order valence-corrected chi connectivity index (χ0v) is 11.0. The van der Waals surface area contributed by atoms with Gasteiger partial charge in [0.05, 0.1) is 12.3 Å². The molecule has 2 N–H and O–H groups in total. The van der Waals surface area contributed by atoms with Crippen molar-refractivity contribution in [3.63, 3.8) is 0 Å². The molecule has 1 atom stereocenters. The van der Waals surface area contributed by atoms with Crippen molar-refractivity contribution in [3.05, 3.63) is 12.4 Å². The Labute approximate surface area is 102 Å². The van der Waals surface area contributed by atoms with E-state index in [1.54, 1.807) is 4.68 Å². The minimum atomic E-state index is -3.18. The molecule has 0 amide bonds. The Morgan fingerprint density at radius 3 is 2.76 bits per heavy atom. The largest absolute Gasteiger partial charge is 0.377 e. The molecule has 98 valence electrons. The summed E-state index contributed by atoms with van der Waals surface area (Å²) in [5, 5.41) is 3.99. The Morgan fingerprint density at radius 1 is 1.59 bits per heavy atom. The van der Waals surface area contributed by atoms with Crippen molar-refractivity contribution in [3.8, 4) is 0 Å². The first kappa shape index (κ1) is 14.1. The molecule has 0 aliphatic rings. The lowest BCUT2D eigenvalue weighted by Crippen LogP contribution is -2.25. The molecule has 1 heterocycles. The summed E-state index contributed by atoms with van der Waals surface area (Å²) in [6.45, 7) is 3.58. The van der Waals surface area contributed by atoms with Crippen molar-refractivity contribution in [2.24, 2.45) is 5.73 Å². The Balaban J connectivity index is 2.55. The minimum absolute atomic E-state index is 0.00844. The van der Waals surface area contributed by atoms with Crippen molar-refractivity contribution >= 4 is 9.84 Å². The Bertz CT molecular complexity index is 441. The number of aromatic nitrogens is 2. The van der Waals surface area contributed by atoms with Gasteiger partial charge in [-0.25, -0.2) is 8.42 Å². The molecule has 0 radical (unpaired) electrons. The molecule has 0 fully saturated rings. The summed E-state index contributed by atoms with van der Waals surface area (Å²) >= 11 is 0. The van der Waals surface area contributed by atoms with Gasteiger partial charge < -0.3 is 10.5 Å². The first-order valence-electron chi connectivity index (χ1n) is 5.51. The molecule has 6 nitrogen and oxygen atoms in total. The van der Waals surface area contributed by atoms with Crippen molar-refractivity contribution < 1.29 is 13.2 Å². The molecule has 0 saturated heterocycles. The predicted molar refractivity (Wildman–Crippen MR) is 64.4 cm³/mol. The molecule has 0 aliphatic heterocycles. The summed E-state index contributed by atoms with van der Waals surface area (Å²) in [5.41, 5.74) is 5.55. The average molecular weight is 261 g/mol. The lowest BCUT2D eigenvalue weighted by atomic mass is 10.2. The first-order valence-corrected chi connectivity index (χ1v) is 7.40. The third kappa shape index (κ3) is 4.45. The van der Waals surface area contributed by atoms with Gasteiger partial charge in [-0.05, 0) is 13.3 Å². The number of rotatable bonds is 7. The Morgan fingerprint density at radius 2 is 2.29 bits per heavy atom. The van der Waals surface area contributed by atoms with Crippen LogP contribution in [0.1, 0.15) is 13.3 Å². The van der Waals surface area contributed by atoms with Crippen LogP contribution in [0.4, 0.5) is 0 Å². The van der Waals surface area contributed by atoms with E-state index in [-0.39, 0.29) is 11.0 Å². The van der Waals surface area contributed by atoms with Crippen molar-refractivity contribution in [2.75, 3.05) is 19.4 Å². The first-order chi connectivity index (χ1) is 7.97. The molecule has 0 aliphatic carbocycles. The van der Waals surface area contributed by atoms with Crippen LogP contribution < -0.4 is 5.73 Å². The quantitative estimate of drug-likeness (QED) is 0.749. The van der Waals surface area contributed by atoms with Crippen LogP contribution in [0.15, 0.2) is 17.3 Å². The maximum atomic E-state index is 11.2. The van der Waals surface area contributed by atoms with Crippen LogP contribution in [0, 0.1) is 0 Å². The average Bonchev–Trinajstić information content (AvgIpc) is 2.72. The molecule has 0 aromatic carbocycles. The van der Waals surface area contributed by atoms with Gasteiger partial charge in [0, 0.05) is 32.1 Å². The Hall–Kier alpha value is -0.920. The number of nitrogens with zero attached hydrogens (tertiary/aromatic N) is 2. The maximum absolute atomic E-state index is 11.2. The summed E-state index contributed by atoms with van der Waals surface area (Å²) in [5.74, 6) is 0. The number of ether oxygens (including phenoxy) is 1. The van der Waals surface area contributed by atoms with E-state index in [9.17, 15) is 8.42 Å². The molecule has 17 heavy (non-hydrogen) atoms. The fourth-order valence-electron chi connectivity index (χ4n) is 1.44. The summed E-state index contributed by atoms with van der Waals surface area (Å²) < 4.78 is 29.5. The highest BCUT2D eigenvalue weighted by Crippen LogP contribution is 2.07. The van der Waals surface area contributed by atoms with Gasteiger partial charge in [0.1, 0.15) is 4.90 Å².